The topological polar surface area (TPSA) is 73.3 Å². The van der Waals surface area contributed by atoms with Gasteiger partial charge in [-0.2, -0.15) is 0 Å². The Kier molecular flexibility index (Phi) is 7.19. The van der Waals surface area contributed by atoms with Crippen molar-refractivity contribution in [2.45, 2.75) is 33.1 Å². The monoisotopic (exact) mass is 399 g/mol. The van der Waals surface area contributed by atoms with E-state index in [4.69, 9.17) is 9.47 Å². The predicted octanol–water partition coefficient (Wildman–Crippen LogP) is 4.38. The molecule has 2 heterocycles. The molecule has 0 saturated heterocycles. The van der Waals surface area contributed by atoms with E-state index >= 15 is 0 Å². The highest BCUT2D eigenvalue weighted by molar-refractivity contribution is 7.17. The number of nitrogens with zero attached hydrogens (tertiary/aromatic N) is 2. The van der Waals surface area contributed by atoms with Crippen LogP contribution >= 0.6 is 11.3 Å². The SMILES string of the molecule is CCOC(=O)CCCOc1ccc(CCNc2ncnc3scc(C)c23)cc1. The van der Waals surface area contributed by atoms with Crippen LogP contribution in [0.4, 0.5) is 5.82 Å². The van der Waals surface area contributed by atoms with Gasteiger partial charge >= 0.3 is 5.97 Å². The van der Waals surface area contributed by atoms with E-state index < -0.39 is 0 Å². The first-order valence-electron chi connectivity index (χ1n) is 9.47. The summed E-state index contributed by atoms with van der Waals surface area (Å²) in [6, 6.07) is 8.05. The van der Waals surface area contributed by atoms with Crippen LogP contribution in [-0.4, -0.2) is 35.7 Å². The van der Waals surface area contributed by atoms with Crippen LogP contribution in [0.1, 0.15) is 30.9 Å². The Morgan fingerprint density at radius 2 is 2.04 bits per heavy atom. The molecule has 0 saturated carbocycles. The number of anilines is 1. The zero-order chi connectivity index (χ0) is 19.8. The van der Waals surface area contributed by atoms with Gasteiger partial charge in [0.05, 0.1) is 18.6 Å². The number of hydrogen-bond acceptors (Lipinski definition) is 7. The minimum absolute atomic E-state index is 0.174. The van der Waals surface area contributed by atoms with Gasteiger partial charge in [0.25, 0.3) is 0 Å². The molecule has 0 radical (unpaired) electrons. The van der Waals surface area contributed by atoms with Crippen LogP contribution in [0.25, 0.3) is 10.2 Å². The molecule has 28 heavy (non-hydrogen) atoms. The zero-order valence-corrected chi connectivity index (χ0v) is 17.1. The van der Waals surface area contributed by atoms with Crippen LogP contribution < -0.4 is 10.1 Å². The molecular weight excluding hydrogens is 374 g/mol. The van der Waals surface area contributed by atoms with Crippen molar-refractivity contribution >= 4 is 33.3 Å². The average molecular weight is 400 g/mol. The summed E-state index contributed by atoms with van der Waals surface area (Å²) < 4.78 is 10.6. The first-order chi connectivity index (χ1) is 13.7. The highest BCUT2D eigenvalue weighted by Gasteiger charge is 2.08. The lowest BCUT2D eigenvalue weighted by molar-refractivity contribution is -0.143. The second kappa shape index (κ2) is 10.0. The molecule has 0 aliphatic rings. The second-order valence-electron chi connectivity index (χ2n) is 6.40. The van der Waals surface area contributed by atoms with E-state index in [-0.39, 0.29) is 5.97 Å². The lowest BCUT2D eigenvalue weighted by Gasteiger charge is -2.09. The zero-order valence-electron chi connectivity index (χ0n) is 16.2. The van der Waals surface area contributed by atoms with Gasteiger partial charge in [-0.3, -0.25) is 4.79 Å². The number of hydrogen-bond donors (Lipinski definition) is 1. The van der Waals surface area contributed by atoms with Crippen LogP contribution in [-0.2, 0) is 16.0 Å². The molecule has 3 aromatic rings. The van der Waals surface area contributed by atoms with Crippen LogP contribution in [0.3, 0.4) is 0 Å². The van der Waals surface area contributed by atoms with Crippen molar-refractivity contribution in [2.24, 2.45) is 0 Å². The van der Waals surface area contributed by atoms with Gasteiger partial charge in [0.1, 0.15) is 22.7 Å². The molecule has 1 N–H and O–H groups in total. The summed E-state index contributed by atoms with van der Waals surface area (Å²) in [7, 11) is 0. The fourth-order valence-electron chi connectivity index (χ4n) is 2.87. The minimum Gasteiger partial charge on any atom is -0.494 e. The third-order valence-corrected chi connectivity index (χ3v) is 5.29. The van der Waals surface area contributed by atoms with Gasteiger partial charge in [0, 0.05) is 13.0 Å². The maximum absolute atomic E-state index is 11.3. The molecular formula is C21H25N3O3S. The molecule has 0 spiro atoms. The number of benzene rings is 1. The Morgan fingerprint density at radius 1 is 1.21 bits per heavy atom. The summed E-state index contributed by atoms with van der Waals surface area (Å²) in [5.74, 6) is 1.53. The Morgan fingerprint density at radius 3 is 2.82 bits per heavy atom. The van der Waals surface area contributed by atoms with E-state index in [0.29, 0.717) is 26.1 Å². The van der Waals surface area contributed by atoms with Crippen molar-refractivity contribution in [3.63, 3.8) is 0 Å². The summed E-state index contributed by atoms with van der Waals surface area (Å²) in [4.78, 5) is 21.0. The number of carbonyl (C=O) groups excluding carboxylic acids is 1. The van der Waals surface area contributed by atoms with Gasteiger partial charge in [0.2, 0.25) is 0 Å². The molecule has 0 unspecified atom stereocenters. The van der Waals surface area contributed by atoms with Gasteiger partial charge < -0.3 is 14.8 Å². The number of ether oxygens (including phenoxy) is 2. The number of carbonyl (C=O) groups is 1. The van der Waals surface area contributed by atoms with Crippen molar-refractivity contribution in [2.75, 3.05) is 25.1 Å². The molecule has 148 valence electrons. The Labute approximate surface area is 168 Å². The Bertz CT molecular complexity index is 909. The van der Waals surface area contributed by atoms with E-state index in [0.717, 1.165) is 34.7 Å². The Balaban J connectivity index is 1.43. The van der Waals surface area contributed by atoms with Crippen molar-refractivity contribution in [1.82, 2.24) is 9.97 Å². The quantitative estimate of drug-likeness (QED) is 0.403. The third kappa shape index (κ3) is 5.42. The maximum atomic E-state index is 11.3. The molecule has 6 nitrogen and oxygen atoms in total. The lowest BCUT2D eigenvalue weighted by atomic mass is 10.1. The van der Waals surface area contributed by atoms with Gasteiger partial charge in [-0.05, 0) is 55.3 Å². The van der Waals surface area contributed by atoms with Gasteiger partial charge in [-0.25, -0.2) is 9.97 Å². The van der Waals surface area contributed by atoms with E-state index in [1.54, 1.807) is 17.7 Å². The fourth-order valence-corrected chi connectivity index (χ4v) is 3.76. The summed E-state index contributed by atoms with van der Waals surface area (Å²) in [5.41, 5.74) is 2.42. The third-order valence-electron chi connectivity index (χ3n) is 4.28. The first-order valence-corrected chi connectivity index (χ1v) is 10.4. The normalized spacial score (nSPS) is 10.8. The number of aromatic nitrogens is 2. The van der Waals surface area contributed by atoms with E-state index in [2.05, 4.69) is 39.7 Å². The standard InChI is InChI=1S/C21H25N3O3S/c1-3-26-18(25)5-4-12-27-17-8-6-16(7-9-17)10-11-22-20-19-15(2)13-28-21(19)24-14-23-20/h6-9,13-14H,3-5,10-12H2,1-2H3,(H,22,23,24). The van der Waals surface area contributed by atoms with Crippen LogP contribution in [0, 0.1) is 6.92 Å². The average Bonchev–Trinajstić information content (AvgIpc) is 3.08. The highest BCUT2D eigenvalue weighted by Crippen LogP contribution is 2.28. The first kappa shape index (κ1) is 20.1. The molecule has 0 amide bonds. The molecule has 0 bridgehead atoms. The molecule has 1 aromatic carbocycles. The van der Waals surface area contributed by atoms with Gasteiger partial charge in [-0.15, -0.1) is 11.3 Å². The summed E-state index contributed by atoms with van der Waals surface area (Å²) in [5, 5.41) is 6.64. The van der Waals surface area contributed by atoms with Crippen LogP contribution in [0.2, 0.25) is 0 Å². The number of thiophene rings is 1. The van der Waals surface area contributed by atoms with Crippen molar-refractivity contribution in [3.05, 3.63) is 47.1 Å². The number of aryl methyl sites for hydroxylation is 1. The summed E-state index contributed by atoms with van der Waals surface area (Å²) in [6.07, 6.45) is 3.53. The van der Waals surface area contributed by atoms with Crippen molar-refractivity contribution in [1.29, 1.82) is 0 Å². The van der Waals surface area contributed by atoms with Crippen LogP contribution in [0.5, 0.6) is 5.75 Å². The molecule has 7 heteroatoms. The number of rotatable bonds is 10. The largest absolute Gasteiger partial charge is 0.494 e. The van der Waals surface area contributed by atoms with Crippen molar-refractivity contribution in [3.8, 4) is 5.75 Å². The van der Waals surface area contributed by atoms with E-state index in [1.807, 2.05) is 19.1 Å². The van der Waals surface area contributed by atoms with E-state index in [9.17, 15) is 4.79 Å². The number of fused-ring (bicyclic) bond motifs is 1. The van der Waals surface area contributed by atoms with Gasteiger partial charge in [0.15, 0.2) is 0 Å². The molecule has 2 aromatic heterocycles. The number of nitrogens with one attached hydrogen (secondary N) is 1. The smallest absolute Gasteiger partial charge is 0.305 e. The number of esters is 1. The van der Waals surface area contributed by atoms with Gasteiger partial charge in [-0.1, -0.05) is 12.1 Å². The predicted molar refractivity (Wildman–Crippen MR) is 112 cm³/mol. The highest BCUT2D eigenvalue weighted by atomic mass is 32.1. The molecule has 0 fully saturated rings. The van der Waals surface area contributed by atoms with Crippen molar-refractivity contribution < 1.29 is 14.3 Å². The van der Waals surface area contributed by atoms with E-state index in [1.165, 1.54) is 11.1 Å². The summed E-state index contributed by atoms with van der Waals surface area (Å²) in [6.45, 7) is 5.61. The minimum atomic E-state index is -0.174. The maximum Gasteiger partial charge on any atom is 0.305 e. The summed E-state index contributed by atoms with van der Waals surface area (Å²) >= 11 is 1.64. The molecule has 0 aliphatic carbocycles. The second-order valence-corrected chi connectivity index (χ2v) is 7.26. The molecule has 3 rings (SSSR count). The lowest BCUT2D eigenvalue weighted by Crippen LogP contribution is -2.07. The molecule has 0 aliphatic heterocycles. The van der Waals surface area contributed by atoms with Crippen LogP contribution in [0.15, 0.2) is 36.0 Å². The fraction of sp³-hybridized carbons (Fsp3) is 0.381. The Hall–Kier alpha value is -2.67. The molecule has 0 atom stereocenters.